The van der Waals surface area contributed by atoms with Gasteiger partial charge in [0.25, 0.3) is 0 Å². The molecule has 168 valence electrons. The second-order valence-corrected chi connectivity index (χ2v) is 7.73. The van der Waals surface area contributed by atoms with Crippen LogP contribution in [0, 0.1) is 0 Å². The Bertz CT molecular complexity index is 509. The molecule has 0 aliphatic carbocycles. The SMILES string of the molecule is CCCN(CCF)CCOc1ccccc1OCCN(CCF)CCSCCF. The first-order chi connectivity index (χ1) is 14.2. The second-order valence-electron chi connectivity index (χ2n) is 6.51. The van der Waals surface area contributed by atoms with Crippen molar-refractivity contribution >= 4 is 11.8 Å². The van der Waals surface area contributed by atoms with E-state index in [0.29, 0.717) is 63.2 Å². The standard InChI is InChI=1S/C21H35F3N2O2S/c1-2-10-25(11-7-22)13-16-27-20-5-3-4-6-21(20)28-17-14-26(12-8-23)15-19-29-18-9-24/h3-6H,2,7-19H2,1H3. The normalized spacial score (nSPS) is 11.4. The van der Waals surface area contributed by atoms with Crippen LogP contribution in [-0.4, -0.2) is 93.8 Å². The quantitative estimate of drug-likeness (QED) is 0.304. The molecule has 8 heteroatoms. The van der Waals surface area contributed by atoms with Crippen molar-refractivity contribution in [2.24, 2.45) is 0 Å². The summed E-state index contributed by atoms with van der Waals surface area (Å²) in [5.74, 6) is 2.55. The zero-order chi connectivity index (χ0) is 21.2. The van der Waals surface area contributed by atoms with Crippen LogP contribution >= 0.6 is 11.8 Å². The third-order valence-electron chi connectivity index (χ3n) is 4.29. The van der Waals surface area contributed by atoms with Gasteiger partial charge in [0.15, 0.2) is 11.5 Å². The molecule has 29 heavy (non-hydrogen) atoms. The van der Waals surface area contributed by atoms with Gasteiger partial charge in [0, 0.05) is 44.2 Å². The van der Waals surface area contributed by atoms with Gasteiger partial charge in [-0.1, -0.05) is 19.1 Å². The van der Waals surface area contributed by atoms with Crippen LogP contribution in [0.4, 0.5) is 13.2 Å². The Morgan fingerprint density at radius 2 is 1.28 bits per heavy atom. The predicted octanol–water partition coefficient (Wildman–Crippen LogP) is 4.10. The average Bonchev–Trinajstić information content (AvgIpc) is 2.72. The van der Waals surface area contributed by atoms with Gasteiger partial charge in [0.1, 0.15) is 26.6 Å². The number of rotatable bonds is 19. The summed E-state index contributed by atoms with van der Waals surface area (Å²) in [6.07, 6.45) is 0.974. The highest BCUT2D eigenvalue weighted by atomic mass is 32.2. The second kappa shape index (κ2) is 17.7. The van der Waals surface area contributed by atoms with Gasteiger partial charge in [-0.25, -0.2) is 8.78 Å². The van der Waals surface area contributed by atoms with Crippen LogP contribution in [0.2, 0.25) is 0 Å². The summed E-state index contributed by atoms with van der Waals surface area (Å²) in [5.41, 5.74) is 0. The van der Waals surface area contributed by atoms with E-state index in [1.807, 2.05) is 34.1 Å². The zero-order valence-electron chi connectivity index (χ0n) is 17.5. The lowest BCUT2D eigenvalue weighted by molar-refractivity contribution is 0.182. The van der Waals surface area contributed by atoms with E-state index in [4.69, 9.17) is 9.47 Å². The summed E-state index contributed by atoms with van der Waals surface area (Å²) in [5, 5.41) is 0. The summed E-state index contributed by atoms with van der Waals surface area (Å²) in [4.78, 5) is 4.02. The van der Waals surface area contributed by atoms with Gasteiger partial charge in [-0.2, -0.15) is 11.8 Å². The van der Waals surface area contributed by atoms with Crippen LogP contribution < -0.4 is 9.47 Å². The molecule has 0 atom stereocenters. The molecule has 0 aliphatic rings. The summed E-state index contributed by atoms with van der Waals surface area (Å²) in [7, 11) is 0. The van der Waals surface area contributed by atoms with Crippen molar-refractivity contribution in [1.29, 1.82) is 0 Å². The fraction of sp³-hybridized carbons (Fsp3) is 0.714. The minimum atomic E-state index is -0.416. The summed E-state index contributed by atoms with van der Waals surface area (Å²) in [6.45, 7) is 5.40. The third kappa shape index (κ3) is 12.2. The van der Waals surface area contributed by atoms with E-state index in [-0.39, 0.29) is 13.3 Å². The van der Waals surface area contributed by atoms with Gasteiger partial charge in [0.05, 0.1) is 6.67 Å². The van der Waals surface area contributed by atoms with Crippen LogP contribution in [0.5, 0.6) is 11.5 Å². The van der Waals surface area contributed by atoms with Gasteiger partial charge < -0.3 is 9.47 Å². The largest absolute Gasteiger partial charge is 0.488 e. The van der Waals surface area contributed by atoms with Crippen molar-refractivity contribution in [3.63, 3.8) is 0 Å². The average molecular weight is 437 g/mol. The van der Waals surface area contributed by atoms with Gasteiger partial charge in [-0.15, -0.1) is 0 Å². The minimum absolute atomic E-state index is 0.336. The molecule has 0 unspecified atom stereocenters. The van der Waals surface area contributed by atoms with Gasteiger partial charge in [-0.3, -0.25) is 14.2 Å². The topological polar surface area (TPSA) is 24.9 Å². The highest BCUT2D eigenvalue weighted by molar-refractivity contribution is 7.99. The van der Waals surface area contributed by atoms with Crippen molar-refractivity contribution in [3.8, 4) is 11.5 Å². The molecule has 0 bridgehead atoms. The van der Waals surface area contributed by atoms with E-state index in [0.717, 1.165) is 18.7 Å². The molecule has 4 nitrogen and oxygen atoms in total. The molecular formula is C21H35F3N2O2S. The van der Waals surface area contributed by atoms with Crippen molar-refractivity contribution in [2.45, 2.75) is 13.3 Å². The Morgan fingerprint density at radius 1 is 0.724 bits per heavy atom. The molecule has 0 aromatic heterocycles. The lowest BCUT2D eigenvalue weighted by Gasteiger charge is -2.22. The molecule has 0 fully saturated rings. The number of thioether (sulfide) groups is 1. The number of benzene rings is 1. The zero-order valence-corrected chi connectivity index (χ0v) is 18.3. The Labute approximate surface area is 177 Å². The van der Waals surface area contributed by atoms with Crippen molar-refractivity contribution in [2.75, 3.05) is 84.0 Å². The fourth-order valence-electron chi connectivity index (χ4n) is 2.83. The molecule has 0 saturated carbocycles. The fourth-order valence-corrected chi connectivity index (χ4v) is 3.53. The number of para-hydroxylation sites is 2. The lowest BCUT2D eigenvalue weighted by atomic mass is 10.3. The molecule has 1 aromatic rings. The Hall–Kier alpha value is -1.12. The molecule has 0 saturated heterocycles. The number of hydrogen-bond donors (Lipinski definition) is 0. The van der Waals surface area contributed by atoms with E-state index in [2.05, 4.69) is 6.92 Å². The van der Waals surface area contributed by atoms with Crippen LogP contribution in [0.1, 0.15) is 13.3 Å². The van der Waals surface area contributed by atoms with Crippen LogP contribution in [0.25, 0.3) is 0 Å². The highest BCUT2D eigenvalue weighted by Crippen LogP contribution is 2.26. The number of alkyl halides is 3. The first kappa shape index (κ1) is 25.9. The van der Waals surface area contributed by atoms with E-state index in [1.54, 1.807) is 0 Å². The molecule has 0 N–H and O–H groups in total. The lowest BCUT2D eigenvalue weighted by Crippen LogP contribution is -2.32. The van der Waals surface area contributed by atoms with Crippen molar-refractivity contribution in [1.82, 2.24) is 9.80 Å². The Kier molecular flexibility index (Phi) is 15.8. The molecule has 0 amide bonds. The number of halogens is 3. The van der Waals surface area contributed by atoms with Gasteiger partial charge in [-0.05, 0) is 25.1 Å². The minimum Gasteiger partial charge on any atom is -0.488 e. The van der Waals surface area contributed by atoms with Gasteiger partial charge >= 0.3 is 0 Å². The van der Waals surface area contributed by atoms with Crippen molar-refractivity contribution < 1.29 is 22.6 Å². The summed E-state index contributed by atoms with van der Waals surface area (Å²) in [6, 6.07) is 7.45. The number of nitrogens with zero attached hydrogens (tertiary/aromatic N) is 2. The maximum atomic E-state index is 12.8. The van der Waals surface area contributed by atoms with E-state index in [9.17, 15) is 13.2 Å². The highest BCUT2D eigenvalue weighted by Gasteiger charge is 2.09. The first-order valence-electron chi connectivity index (χ1n) is 10.3. The molecule has 1 rings (SSSR count). The number of ether oxygens (including phenoxy) is 2. The maximum Gasteiger partial charge on any atom is 0.161 e. The molecular weight excluding hydrogens is 401 g/mol. The van der Waals surface area contributed by atoms with Crippen LogP contribution in [0.15, 0.2) is 24.3 Å². The van der Waals surface area contributed by atoms with E-state index < -0.39 is 6.67 Å². The predicted molar refractivity (Wildman–Crippen MR) is 116 cm³/mol. The van der Waals surface area contributed by atoms with Crippen LogP contribution in [-0.2, 0) is 0 Å². The first-order valence-corrected chi connectivity index (χ1v) is 11.5. The number of hydrogen-bond acceptors (Lipinski definition) is 5. The van der Waals surface area contributed by atoms with Gasteiger partial charge in [0.2, 0.25) is 0 Å². The molecule has 0 heterocycles. The molecule has 0 aliphatic heterocycles. The smallest absolute Gasteiger partial charge is 0.161 e. The maximum absolute atomic E-state index is 12.8. The summed E-state index contributed by atoms with van der Waals surface area (Å²) < 4.78 is 49.2. The molecule has 1 aromatic carbocycles. The Balaban J connectivity index is 2.43. The molecule has 0 radical (unpaired) electrons. The Morgan fingerprint density at radius 3 is 1.76 bits per heavy atom. The summed E-state index contributed by atoms with van der Waals surface area (Å²) >= 11 is 1.53. The third-order valence-corrected chi connectivity index (χ3v) is 5.21. The van der Waals surface area contributed by atoms with Crippen LogP contribution in [0.3, 0.4) is 0 Å². The van der Waals surface area contributed by atoms with E-state index in [1.165, 1.54) is 11.8 Å². The monoisotopic (exact) mass is 436 g/mol. The molecule has 0 spiro atoms. The van der Waals surface area contributed by atoms with Crippen molar-refractivity contribution in [3.05, 3.63) is 24.3 Å². The van der Waals surface area contributed by atoms with E-state index >= 15 is 0 Å².